The van der Waals surface area contributed by atoms with E-state index in [0.717, 1.165) is 35.4 Å². The third-order valence-electron chi connectivity index (χ3n) is 4.10. The van der Waals surface area contributed by atoms with Crippen LogP contribution in [-0.2, 0) is 6.42 Å². The van der Waals surface area contributed by atoms with Gasteiger partial charge in [-0.05, 0) is 36.6 Å². The molecule has 0 atom stereocenters. The number of carbonyl (C=O) groups is 1. The number of carbonyl (C=O) groups excluding carboxylic acids is 1. The summed E-state index contributed by atoms with van der Waals surface area (Å²) in [5.41, 5.74) is 2.09. The fourth-order valence-corrected chi connectivity index (χ4v) is 3.57. The molecule has 2 aromatic carbocycles. The summed E-state index contributed by atoms with van der Waals surface area (Å²) in [6.07, 6.45) is 3.36. The van der Waals surface area contributed by atoms with Gasteiger partial charge in [-0.2, -0.15) is 0 Å². The standard InChI is InChI=1S/C19H16FN3O2S/c20-14-8-2-4-10-16(14)25-17-12-21-18(26-17)22-19(24)23-11-5-7-13-6-1-3-9-15(13)23/h1-4,6,8-10,12H,5,7,11H2,(H,21,22,24). The number of amides is 2. The number of rotatable bonds is 3. The van der Waals surface area contributed by atoms with Crippen molar-refractivity contribution in [2.75, 3.05) is 16.8 Å². The number of nitrogens with zero attached hydrogens (tertiary/aromatic N) is 2. The van der Waals surface area contributed by atoms with Gasteiger partial charge in [-0.3, -0.25) is 10.2 Å². The quantitative estimate of drug-likeness (QED) is 0.702. The number of ether oxygens (including phenoxy) is 1. The van der Waals surface area contributed by atoms with Gasteiger partial charge in [0.15, 0.2) is 16.7 Å². The number of aryl methyl sites for hydroxylation is 1. The van der Waals surface area contributed by atoms with E-state index >= 15 is 0 Å². The fraction of sp³-hybridized carbons (Fsp3) is 0.158. The van der Waals surface area contributed by atoms with Gasteiger partial charge in [0.1, 0.15) is 0 Å². The number of anilines is 2. The van der Waals surface area contributed by atoms with E-state index < -0.39 is 5.82 Å². The van der Waals surface area contributed by atoms with Gasteiger partial charge < -0.3 is 4.74 Å². The molecule has 1 N–H and O–H groups in total. The first-order valence-electron chi connectivity index (χ1n) is 8.25. The molecule has 0 radical (unpaired) electrons. The van der Waals surface area contributed by atoms with Crippen LogP contribution in [0, 0.1) is 5.82 Å². The molecule has 132 valence electrons. The highest BCUT2D eigenvalue weighted by atomic mass is 32.1. The topological polar surface area (TPSA) is 54.5 Å². The molecule has 0 unspecified atom stereocenters. The largest absolute Gasteiger partial charge is 0.442 e. The van der Waals surface area contributed by atoms with Crippen molar-refractivity contribution in [3.8, 4) is 10.8 Å². The van der Waals surface area contributed by atoms with E-state index in [0.29, 0.717) is 16.7 Å². The molecule has 2 heterocycles. The van der Waals surface area contributed by atoms with Crippen molar-refractivity contribution in [2.45, 2.75) is 12.8 Å². The first-order chi connectivity index (χ1) is 12.7. The normalized spacial score (nSPS) is 13.2. The van der Waals surface area contributed by atoms with Gasteiger partial charge in [0.2, 0.25) is 5.06 Å². The molecule has 4 rings (SSSR count). The van der Waals surface area contributed by atoms with Crippen LogP contribution in [-0.4, -0.2) is 17.6 Å². The van der Waals surface area contributed by atoms with Crippen LogP contribution >= 0.6 is 11.3 Å². The minimum Gasteiger partial charge on any atom is -0.442 e. The van der Waals surface area contributed by atoms with Crippen molar-refractivity contribution >= 4 is 28.2 Å². The maximum atomic E-state index is 13.7. The predicted molar refractivity (Wildman–Crippen MR) is 99.7 cm³/mol. The Morgan fingerprint density at radius 2 is 2.00 bits per heavy atom. The van der Waals surface area contributed by atoms with E-state index in [9.17, 15) is 9.18 Å². The van der Waals surface area contributed by atoms with Crippen molar-refractivity contribution < 1.29 is 13.9 Å². The van der Waals surface area contributed by atoms with Crippen molar-refractivity contribution in [2.24, 2.45) is 0 Å². The second-order valence-electron chi connectivity index (χ2n) is 5.83. The number of benzene rings is 2. The first kappa shape index (κ1) is 16.5. The minimum absolute atomic E-state index is 0.124. The molecule has 26 heavy (non-hydrogen) atoms. The maximum absolute atomic E-state index is 13.7. The lowest BCUT2D eigenvalue weighted by molar-refractivity contribution is 0.256. The number of halogens is 1. The lowest BCUT2D eigenvalue weighted by Crippen LogP contribution is -2.38. The highest BCUT2D eigenvalue weighted by molar-refractivity contribution is 7.17. The molecule has 1 aromatic heterocycles. The molecule has 0 bridgehead atoms. The summed E-state index contributed by atoms with van der Waals surface area (Å²) >= 11 is 1.15. The van der Waals surface area contributed by atoms with Crippen LogP contribution in [0.1, 0.15) is 12.0 Å². The molecule has 0 saturated heterocycles. The zero-order valence-corrected chi connectivity index (χ0v) is 14.6. The van der Waals surface area contributed by atoms with Crippen molar-refractivity contribution in [1.29, 1.82) is 0 Å². The zero-order chi connectivity index (χ0) is 17.9. The van der Waals surface area contributed by atoms with E-state index in [1.807, 2.05) is 24.3 Å². The Balaban J connectivity index is 1.46. The monoisotopic (exact) mass is 369 g/mol. The van der Waals surface area contributed by atoms with Crippen LogP contribution in [0.15, 0.2) is 54.7 Å². The molecule has 2 amide bonds. The van der Waals surface area contributed by atoms with Gasteiger partial charge >= 0.3 is 6.03 Å². The average Bonchev–Trinajstić information content (AvgIpc) is 3.10. The van der Waals surface area contributed by atoms with Crippen LogP contribution in [0.5, 0.6) is 10.8 Å². The third kappa shape index (κ3) is 3.39. The Hall–Kier alpha value is -2.93. The second kappa shape index (κ2) is 7.13. The molecule has 5 nitrogen and oxygen atoms in total. The van der Waals surface area contributed by atoms with Gasteiger partial charge in [-0.1, -0.05) is 41.7 Å². The second-order valence-corrected chi connectivity index (χ2v) is 6.82. The molecule has 0 saturated carbocycles. The van der Waals surface area contributed by atoms with Gasteiger partial charge in [0, 0.05) is 12.2 Å². The third-order valence-corrected chi connectivity index (χ3v) is 4.89. The molecule has 1 aliphatic heterocycles. The molecule has 1 aliphatic rings. The molecule has 0 aliphatic carbocycles. The van der Waals surface area contributed by atoms with Crippen LogP contribution in [0.2, 0.25) is 0 Å². The Morgan fingerprint density at radius 3 is 2.88 bits per heavy atom. The number of hydrogen-bond donors (Lipinski definition) is 1. The Labute approximate surface area is 154 Å². The number of fused-ring (bicyclic) bond motifs is 1. The first-order valence-corrected chi connectivity index (χ1v) is 9.07. The van der Waals surface area contributed by atoms with Crippen LogP contribution in [0.4, 0.5) is 20.0 Å². The highest BCUT2D eigenvalue weighted by Crippen LogP contribution is 2.32. The molecule has 0 fully saturated rings. The minimum atomic E-state index is -0.448. The summed E-state index contributed by atoms with van der Waals surface area (Å²) in [6, 6.07) is 13.8. The lowest BCUT2D eigenvalue weighted by atomic mass is 10.0. The van der Waals surface area contributed by atoms with Crippen LogP contribution < -0.4 is 15.0 Å². The van der Waals surface area contributed by atoms with E-state index in [1.54, 1.807) is 17.0 Å². The smallest absolute Gasteiger partial charge is 0.328 e. The lowest BCUT2D eigenvalue weighted by Gasteiger charge is -2.29. The summed E-state index contributed by atoms with van der Waals surface area (Å²) in [6.45, 7) is 0.660. The zero-order valence-electron chi connectivity index (χ0n) is 13.8. The highest BCUT2D eigenvalue weighted by Gasteiger charge is 2.23. The fourth-order valence-electron chi connectivity index (χ4n) is 2.90. The Kier molecular flexibility index (Phi) is 4.53. The van der Waals surface area contributed by atoms with Gasteiger partial charge in [0.25, 0.3) is 0 Å². The summed E-state index contributed by atoms with van der Waals surface area (Å²) in [4.78, 5) is 18.5. The summed E-state index contributed by atoms with van der Waals surface area (Å²) < 4.78 is 19.1. The summed E-state index contributed by atoms with van der Waals surface area (Å²) in [5, 5.41) is 3.61. The summed E-state index contributed by atoms with van der Waals surface area (Å²) in [7, 11) is 0. The number of para-hydroxylation sites is 2. The molecule has 3 aromatic rings. The molecule has 0 spiro atoms. The van der Waals surface area contributed by atoms with E-state index in [1.165, 1.54) is 18.3 Å². The van der Waals surface area contributed by atoms with Crippen LogP contribution in [0.3, 0.4) is 0 Å². The average molecular weight is 369 g/mol. The summed E-state index contributed by atoms with van der Waals surface area (Å²) in [5.74, 6) is -0.324. The van der Waals surface area contributed by atoms with Crippen molar-refractivity contribution in [3.05, 3.63) is 66.1 Å². The van der Waals surface area contributed by atoms with Crippen molar-refractivity contribution in [1.82, 2.24) is 4.98 Å². The van der Waals surface area contributed by atoms with E-state index in [4.69, 9.17) is 4.74 Å². The SMILES string of the molecule is O=C(Nc1ncc(Oc2ccccc2F)s1)N1CCCc2ccccc21. The van der Waals surface area contributed by atoms with E-state index in [-0.39, 0.29) is 11.8 Å². The van der Waals surface area contributed by atoms with Gasteiger partial charge in [-0.15, -0.1) is 0 Å². The Morgan fingerprint density at radius 1 is 1.19 bits per heavy atom. The maximum Gasteiger partial charge on any atom is 0.328 e. The molecular weight excluding hydrogens is 353 g/mol. The predicted octanol–water partition coefficient (Wildman–Crippen LogP) is 5.06. The number of aromatic nitrogens is 1. The number of urea groups is 1. The van der Waals surface area contributed by atoms with Crippen LogP contribution in [0.25, 0.3) is 0 Å². The molecular formula is C19H16FN3O2S. The number of hydrogen-bond acceptors (Lipinski definition) is 4. The molecule has 7 heteroatoms. The van der Waals surface area contributed by atoms with Crippen molar-refractivity contribution in [3.63, 3.8) is 0 Å². The number of nitrogens with one attached hydrogen (secondary N) is 1. The van der Waals surface area contributed by atoms with Gasteiger partial charge in [0.05, 0.1) is 6.20 Å². The van der Waals surface area contributed by atoms with E-state index in [2.05, 4.69) is 10.3 Å². The number of thiazole rings is 1. The Bertz CT molecular complexity index is 944. The van der Waals surface area contributed by atoms with Gasteiger partial charge in [-0.25, -0.2) is 14.2 Å².